The lowest BCUT2D eigenvalue weighted by Crippen LogP contribution is -2.40. The van der Waals surface area contributed by atoms with E-state index in [2.05, 4.69) is 11.6 Å². The van der Waals surface area contributed by atoms with Crippen LogP contribution in [0.1, 0.15) is 32.6 Å². The van der Waals surface area contributed by atoms with Crippen molar-refractivity contribution in [1.82, 2.24) is 4.72 Å². The average Bonchev–Trinajstić information content (AvgIpc) is 2.40. The molecule has 0 aliphatic heterocycles. The van der Waals surface area contributed by atoms with Gasteiger partial charge in [-0.3, -0.25) is 0 Å². The van der Waals surface area contributed by atoms with E-state index in [-0.39, 0.29) is 18.4 Å². The molecule has 1 aliphatic carbocycles. The minimum atomic E-state index is -3.28. The monoisotopic (exact) mass is 312 g/mol. The lowest BCUT2D eigenvalue weighted by molar-refractivity contribution is 0.322. The van der Waals surface area contributed by atoms with Crippen LogP contribution < -0.4 is 15.2 Å². The number of rotatable bonds is 6. The molecule has 0 spiro atoms. The molecule has 21 heavy (non-hydrogen) atoms. The van der Waals surface area contributed by atoms with Crippen LogP contribution in [0.2, 0.25) is 0 Å². The Labute approximate surface area is 126 Å². The third kappa shape index (κ3) is 5.55. The Morgan fingerprint density at radius 2 is 2.00 bits per heavy atom. The fourth-order valence-corrected chi connectivity index (χ4v) is 3.83. The van der Waals surface area contributed by atoms with E-state index in [4.69, 9.17) is 10.5 Å². The molecule has 3 N–H and O–H groups in total. The highest BCUT2D eigenvalue weighted by Gasteiger charge is 2.23. The maximum absolute atomic E-state index is 12.0. The largest absolute Gasteiger partial charge is 0.492 e. The van der Waals surface area contributed by atoms with Crippen molar-refractivity contribution in [2.75, 3.05) is 18.1 Å². The summed E-state index contributed by atoms with van der Waals surface area (Å²) in [4.78, 5) is 0. The van der Waals surface area contributed by atoms with Gasteiger partial charge in [0.15, 0.2) is 0 Å². The van der Waals surface area contributed by atoms with E-state index in [1.807, 2.05) is 0 Å². The van der Waals surface area contributed by atoms with Crippen molar-refractivity contribution in [3.05, 3.63) is 24.3 Å². The Kier molecular flexibility index (Phi) is 5.47. The van der Waals surface area contributed by atoms with Gasteiger partial charge in [-0.2, -0.15) is 0 Å². The molecule has 118 valence electrons. The van der Waals surface area contributed by atoms with Crippen molar-refractivity contribution in [2.24, 2.45) is 5.92 Å². The molecule has 6 heteroatoms. The number of nitrogen functional groups attached to an aromatic ring is 1. The molecule has 1 aromatic carbocycles. The van der Waals surface area contributed by atoms with Gasteiger partial charge in [0.2, 0.25) is 10.0 Å². The Morgan fingerprint density at radius 3 is 2.67 bits per heavy atom. The second-order valence-electron chi connectivity index (χ2n) is 5.82. The number of nitrogens with one attached hydrogen (secondary N) is 1. The standard InChI is InChI=1S/C15H24N2O3S/c1-12-3-2-4-14(11-12)17-21(18,19)10-9-20-15-7-5-13(16)6-8-15/h5-8,12,14,17H,2-4,9-11,16H2,1H3. The topological polar surface area (TPSA) is 81.4 Å². The Bertz CT molecular complexity index is 543. The lowest BCUT2D eigenvalue weighted by atomic mass is 9.88. The highest BCUT2D eigenvalue weighted by atomic mass is 32.2. The Balaban J connectivity index is 1.77. The summed E-state index contributed by atoms with van der Waals surface area (Å²) in [6.07, 6.45) is 4.15. The smallest absolute Gasteiger partial charge is 0.215 e. The molecule has 1 aliphatic rings. The van der Waals surface area contributed by atoms with Crippen molar-refractivity contribution < 1.29 is 13.2 Å². The lowest BCUT2D eigenvalue weighted by Gasteiger charge is -2.27. The van der Waals surface area contributed by atoms with E-state index < -0.39 is 10.0 Å². The molecule has 0 bridgehead atoms. The highest BCUT2D eigenvalue weighted by molar-refractivity contribution is 7.89. The summed E-state index contributed by atoms with van der Waals surface area (Å²) in [5.74, 6) is 1.20. The van der Waals surface area contributed by atoms with Gasteiger partial charge in [0.1, 0.15) is 12.4 Å². The first-order chi connectivity index (χ1) is 9.94. The molecule has 0 radical (unpaired) electrons. The van der Waals surface area contributed by atoms with Crippen molar-refractivity contribution in [2.45, 2.75) is 38.6 Å². The predicted molar refractivity (Wildman–Crippen MR) is 84.7 cm³/mol. The Hall–Kier alpha value is -1.27. The van der Waals surface area contributed by atoms with Crippen LogP contribution in [0, 0.1) is 5.92 Å². The third-order valence-electron chi connectivity index (χ3n) is 3.78. The molecule has 2 unspecified atom stereocenters. The van der Waals surface area contributed by atoms with Crippen LogP contribution in [0.15, 0.2) is 24.3 Å². The van der Waals surface area contributed by atoms with Crippen LogP contribution in [0.5, 0.6) is 5.75 Å². The van der Waals surface area contributed by atoms with Crippen molar-refractivity contribution in [3.63, 3.8) is 0 Å². The van der Waals surface area contributed by atoms with E-state index in [1.54, 1.807) is 24.3 Å². The zero-order chi connectivity index (χ0) is 15.3. The first-order valence-electron chi connectivity index (χ1n) is 7.43. The second kappa shape index (κ2) is 7.13. The first-order valence-corrected chi connectivity index (χ1v) is 9.08. The van der Waals surface area contributed by atoms with Gasteiger partial charge < -0.3 is 10.5 Å². The molecule has 1 fully saturated rings. The summed E-state index contributed by atoms with van der Waals surface area (Å²) in [6, 6.07) is 7.00. The number of hydrogen-bond donors (Lipinski definition) is 2. The molecule has 1 aromatic rings. The van der Waals surface area contributed by atoms with Crippen LogP contribution in [-0.2, 0) is 10.0 Å². The molecule has 1 saturated carbocycles. The SMILES string of the molecule is CC1CCCC(NS(=O)(=O)CCOc2ccc(N)cc2)C1. The van der Waals surface area contributed by atoms with Crippen molar-refractivity contribution >= 4 is 15.7 Å². The van der Waals surface area contributed by atoms with Crippen molar-refractivity contribution in [1.29, 1.82) is 0 Å². The maximum Gasteiger partial charge on any atom is 0.215 e. The predicted octanol–water partition coefficient (Wildman–Crippen LogP) is 2.15. The fraction of sp³-hybridized carbons (Fsp3) is 0.600. The minimum Gasteiger partial charge on any atom is -0.492 e. The zero-order valence-corrected chi connectivity index (χ0v) is 13.2. The number of ether oxygens (including phenoxy) is 1. The summed E-state index contributed by atoms with van der Waals surface area (Å²) in [5.41, 5.74) is 6.23. The van der Waals surface area contributed by atoms with Gasteiger partial charge in [-0.25, -0.2) is 13.1 Å². The molecule has 0 aromatic heterocycles. The maximum atomic E-state index is 12.0. The zero-order valence-electron chi connectivity index (χ0n) is 12.4. The third-order valence-corrected chi connectivity index (χ3v) is 5.18. The summed E-state index contributed by atoms with van der Waals surface area (Å²) in [5, 5.41) is 0. The van der Waals surface area contributed by atoms with Crippen LogP contribution >= 0.6 is 0 Å². The van der Waals surface area contributed by atoms with Crippen LogP contribution in [0.4, 0.5) is 5.69 Å². The van der Waals surface area contributed by atoms with Gasteiger partial charge in [-0.05, 0) is 43.0 Å². The van der Waals surface area contributed by atoms with Gasteiger partial charge in [0.05, 0.1) is 5.75 Å². The summed E-state index contributed by atoms with van der Waals surface area (Å²) < 4.78 is 32.3. The summed E-state index contributed by atoms with van der Waals surface area (Å²) in [7, 11) is -3.28. The van der Waals surface area contributed by atoms with Gasteiger partial charge in [0.25, 0.3) is 0 Å². The quantitative estimate of drug-likeness (QED) is 0.789. The van der Waals surface area contributed by atoms with Gasteiger partial charge >= 0.3 is 0 Å². The second-order valence-corrected chi connectivity index (χ2v) is 7.70. The van der Waals surface area contributed by atoms with E-state index in [1.165, 1.54) is 6.42 Å². The van der Waals surface area contributed by atoms with Gasteiger partial charge in [-0.15, -0.1) is 0 Å². The molecule has 0 heterocycles. The molecule has 0 amide bonds. The molecular formula is C15H24N2O3S. The molecule has 2 rings (SSSR count). The Morgan fingerprint density at radius 1 is 1.29 bits per heavy atom. The summed E-state index contributed by atoms with van der Waals surface area (Å²) in [6.45, 7) is 2.31. The molecule has 5 nitrogen and oxygen atoms in total. The number of sulfonamides is 1. The van der Waals surface area contributed by atoms with Crippen molar-refractivity contribution in [3.8, 4) is 5.75 Å². The van der Waals surface area contributed by atoms with E-state index in [0.29, 0.717) is 17.4 Å². The number of nitrogens with two attached hydrogens (primary N) is 1. The van der Waals surface area contributed by atoms with E-state index in [9.17, 15) is 8.42 Å². The van der Waals surface area contributed by atoms with Gasteiger partial charge in [-0.1, -0.05) is 19.8 Å². The number of benzene rings is 1. The van der Waals surface area contributed by atoms with E-state index in [0.717, 1.165) is 19.3 Å². The summed E-state index contributed by atoms with van der Waals surface area (Å²) >= 11 is 0. The van der Waals surface area contributed by atoms with Crippen LogP contribution in [0.3, 0.4) is 0 Å². The van der Waals surface area contributed by atoms with Gasteiger partial charge in [0, 0.05) is 11.7 Å². The average molecular weight is 312 g/mol. The van der Waals surface area contributed by atoms with E-state index >= 15 is 0 Å². The number of hydrogen-bond acceptors (Lipinski definition) is 4. The van der Waals surface area contributed by atoms with Crippen LogP contribution in [0.25, 0.3) is 0 Å². The first kappa shape index (κ1) is 16.1. The normalized spacial score (nSPS) is 22.9. The number of anilines is 1. The highest BCUT2D eigenvalue weighted by Crippen LogP contribution is 2.24. The molecular weight excluding hydrogens is 288 g/mol. The van der Waals surface area contributed by atoms with Crippen LogP contribution in [-0.4, -0.2) is 26.8 Å². The molecule has 0 saturated heterocycles. The fourth-order valence-electron chi connectivity index (χ4n) is 2.69. The minimum absolute atomic E-state index is 0.0255. The molecule has 2 atom stereocenters.